The van der Waals surface area contributed by atoms with Gasteiger partial charge in [-0.1, -0.05) is 0 Å². The minimum atomic E-state index is -0.992. The first kappa shape index (κ1) is 14.4. The predicted octanol–water partition coefficient (Wildman–Crippen LogP) is 1.82. The van der Waals surface area contributed by atoms with E-state index >= 15 is 0 Å². The van der Waals surface area contributed by atoms with Crippen molar-refractivity contribution in [1.29, 1.82) is 0 Å². The molecule has 0 saturated carbocycles. The number of hydrogen-bond acceptors (Lipinski definition) is 3. The van der Waals surface area contributed by atoms with E-state index in [1.165, 1.54) is 18.2 Å². The van der Waals surface area contributed by atoms with Crippen LogP contribution < -0.4 is 10.5 Å². The lowest BCUT2D eigenvalue weighted by Gasteiger charge is -2.20. The normalized spacial score (nSPS) is 11.3. The van der Waals surface area contributed by atoms with Crippen LogP contribution in [0.25, 0.3) is 0 Å². The van der Waals surface area contributed by atoms with Crippen LogP contribution in [0, 0.1) is 11.2 Å². The molecular weight excluding hydrogens is 237 g/mol. The zero-order valence-electron chi connectivity index (χ0n) is 10.6. The standard InChI is InChI=1S/C13H18FNO3/c1-13(2,12(16)17)8-18-11-4-3-10(14)7-9(11)5-6-15/h3-4,7H,5-6,8,15H2,1-2H3,(H,16,17). The lowest BCUT2D eigenvalue weighted by atomic mass is 9.95. The topological polar surface area (TPSA) is 72.5 Å². The van der Waals surface area contributed by atoms with E-state index in [1.807, 2.05) is 0 Å². The summed E-state index contributed by atoms with van der Waals surface area (Å²) in [5.41, 5.74) is 5.10. The Morgan fingerprint density at radius 2 is 2.17 bits per heavy atom. The summed E-state index contributed by atoms with van der Waals surface area (Å²) in [5.74, 6) is -0.815. The van der Waals surface area contributed by atoms with Crippen molar-refractivity contribution in [3.05, 3.63) is 29.6 Å². The second-order valence-electron chi connectivity index (χ2n) is 4.77. The Bertz CT molecular complexity index is 432. The number of nitrogens with two attached hydrogens (primary N) is 1. The van der Waals surface area contributed by atoms with Crippen LogP contribution in [0.3, 0.4) is 0 Å². The highest BCUT2D eigenvalue weighted by Crippen LogP contribution is 2.23. The molecule has 1 aromatic carbocycles. The van der Waals surface area contributed by atoms with Crippen molar-refractivity contribution in [2.75, 3.05) is 13.2 Å². The molecule has 4 nitrogen and oxygen atoms in total. The zero-order valence-corrected chi connectivity index (χ0v) is 10.6. The molecule has 0 saturated heterocycles. The third kappa shape index (κ3) is 3.70. The number of ether oxygens (including phenoxy) is 1. The summed E-state index contributed by atoms with van der Waals surface area (Å²) in [6, 6.07) is 4.14. The van der Waals surface area contributed by atoms with E-state index in [-0.39, 0.29) is 12.4 Å². The molecule has 5 heteroatoms. The van der Waals surface area contributed by atoms with Crippen molar-refractivity contribution in [2.45, 2.75) is 20.3 Å². The molecule has 18 heavy (non-hydrogen) atoms. The molecule has 0 radical (unpaired) electrons. The molecule has 0 bridgehead atoms. The molecule has 100 valence electrons. The second-order valence-corrected chi connectivity index (χ2v) is 4.77. The molecule has 0 aliphatic rings. The fourth-order valence-electron chi connectivity index (χ4n) is 1.36. The maximum absolute atomic E-state index is 13.1. The fourth-order valence-corrected chi connectivity index (χ4v) is 1.36. The average Bonchev–Trinajstić information content (AvgIpc) is 2.28. The maximum atomic E-state index is 13.1. The molecule has 1 rings (SSSR count). The van der Waals surface area contributed by atoms with Crippen LogP contribution in [0.4, 0.5) is 4.39 Å². The van der Waals surface area contributed by atoms with Crippen molar-refractivity contribution in [1.82, 2.24) is 0 Å². The zero-order chi connectivity index (χ0) is 13.8. The summed E-state index contributed by atoms with van der Waals surface area (Å²) in [4.78, 5) is 10.9. The van der Waals surface area contributed by atoms with Gasteiger partial charge in [0, 0.05) is 0 Å². The lowest BCUT2D eigenvalue weighted by molar-refractivity contribution is -0.148. The highest BCUT2D eigenvalue weighted by atomic mass is 19.1. The number of aliphatic carboxylic acids is 1. The van der Waals surface area contributed by atoms with Crippen LogP contribution in [-0.4, -0.2) is 24.2 Å². The summed E-state index contributed by atoms with van der Waals surface area (Å²) >= 11 is 0. The summed E-state index contributed by atoms with van der Waals surface area (Å²) in [6.45, 7) is 3.54. The Kier molecular flexibility index (Phi) is 4.67. The van der Waals surface area contributed by atoms with E-state index in [0.29, 0.717) is 24.3 Å². The molecule has 0 heterocycles. The van der Waals surface area contributed by atoms with Crippen LogP contribution in [0.15, 0.2) is 18.2 Å². The summed E-state index contributed by atoms with van der Waals surface area (Å²) in [6.07, 6.45) is 0.487. The van der Waals surface area contributed by atoms with Gasteiger partial charge < -0.3 is 15.6 Å². The Morgan fingerprint density at radius 1 is 1.50 bits per heavy atom. The molecule has 0 unspecified atom stereocenters. The van der Waals surface area contributed by atoms with Crippen LogP contribution >= 0.6 is 0 Å². The Hall–Kier alpha value is -1.62. The van der Waals surface area contributed by atoms with Gasteiger partial charge in [-0.15, -0.1) is 0 Å². The van der Waals surface area contributed by atoms with E-state index in [9.17, 15) is 9.18 Å². The van der Waals surface area contributed by atoms with E-state index in [2.05, 4.69) is 0 Å². The SMILES string of the molecule is CC(C)(COc1ccc(F)cc1CCN)C(=O)O. The van der Waals surface area contributed by atoms with Gasteiger partial charge >= 0.3 is 5.97 Å². The van der Waals surface area contributed by atoms with Crippen molar-refractivity contribution in [2.24, 2.45) is 11.1 Å². The minimum Gasteiger partial charge on any atom is -0.492 e. The molecule has 0 aromatic heterocycles. The number of benzene rings is 1. The number of carbonyl (C=O) groups is 1. The van der Waals surface area contributed by atoms with Gasteiger partial charge in [-0.25, -0.2) is 4.39 Å². The largest absolute Gasteiger partial charge is 0.492 e. The molecule has 0 atom stereocenters. The molecule has 0 aliphatic heterocycles. The maximum Gasteiger partial charge on any atom is 0.312 e. The van der Waals surface area contributed by atoms with Crippen LogP contribution in [0.1, 0.15) is 19.4 Å². The van der Waals surface area contributed by atoms with E-state index in [0.717, 1.165) is 0 Å². The predicted molar refractivity (Wildman–Crippen MR) is 66.1 cm³/mol. The smallest absolute Gasteiger partial charge is 0.312 e. The van der Waals surface area contributed by atoms with Gasteiger partial charge in [-0.3, -0.25) is 4.79 Å². The lowest BCUT2D eigenvalue weighted by Crippen LogP contribution is -2.30. The first-order valence-electron chi connectivity index (χ1n) is 5.71. The molecular formula is C13H18FNO3. The van der Waals surface area contributed by atoms with Gasteiger partial charge in [0.2, 0.25) is 0 Å². The monoisotopic (exact) mass is 255 g/mol. The van der Waals surface area contributed by atoms with Crippen molar-refractivity contribution >= 4 is 5.97 Å². The van der Waals surface area contributed by atoms with Crippen LogP contribution in [0.2, 0.25) is 0 Å². The quantitative estimate of drug-likeness (QED) is 0.813. The number of carboxylic acids is 1. The van der Waals surface area contributed by atoms with E-state index in [4.69, 9.17) is 15.6 Å². The molecule has 3 N–H and O–H groups in total. The number of halogens is 1. The van der Waals surface area contributed by atoms with Gasteiger partial charge in [-0.05, 0) is 50.6 Å². The van der Waals surface area contributed by atoms with Crippen LogP contribution in [0.5, 0.6) is 5.75 Å². The van der Waals surface area contributed by atoms with Crippen LogP contribution in [-0.2, 0) is 11.2 Å². The molecule has 1 aromatic rings. The third-order valence-corrected chi connectivity index (χ3v) is 2.60. The second kappa shape index (κ2) is 5.82. The number of rotatable bonds is 6. The van der Waals surface area contributed by atoms with Crippen molar-refractivity contribution in [3.8, 4) is 5.75 Å². The average molecular weight is 255 g/mol. The van der Waals surface area contributed by atoms with Gasteiger partial charge in [0.15, 0.2) is 0 Å². The number of hydrogen-bond donors (Lipinski definition) is 2. The summed E-state index contributed by atoms with van der Waals surface area (Å²) < 4.78 is 18.6. The van der Waals surface area contributed by atoms with Gasteiger partial charge in [0.1, 0.15) is 18.2 Å². The highest BCUT2D eigenvalue weighted by molar-refractivity contribution is 5.73. The molecule has 0 amide bonds. The third-order valence-electron chi connectivity index (χ3n) is 2.60. The molecule has 0 aliphatic carbocycles. The van der Waals surface area contributed by atoms with Gasteiger partial charge in [-0.2, -0.15) is 0 Å². The van der Waals surface area contributed by atoms with Crippen molar-refractivity contribution in [3.63, 3.8) is 0 Å². The van der Waals surface area contributed by atoms with Gasteiger partial charge in [0.25, 0.3) is 0 Å². The fraction of sp³-hybridized carbons (Fsp3) is 0.462. The Morgan fingerprint density at radius 3 is 2.72 bits per heavy atom. The van der Waals surface area contributed by atoms with E-state index < -0.39 is 11.4 Å². The summed E-state index contributed by atoms with van der Waals surface area (Å²) in [7, 11) is 0. The molecule has 0 spiro atoms. The molecule has 0 fully saturated rings. The first-order chi connectivity index (χ1) is 8.36. The Labute approximate surface area is 106 Å². The van der Waals surface area contributed by atoms with E-state index in [1.54, 1.807) is 13.8 Å². The Balaban J connectivity index is 2.81. The van der Waals surface area contributed by atoms with Crippen molar-refractivity contribution < 1.29 is 19.0 Å². The summed E-state index contributed by atoms with van der Waals surface area (Å²) in [5, 5.41) is 8.98. The first-order valence-corrected chi connectivity index (χ1v) is 5.71. The number of carboxylic acid groups (broad SMARTS) is 1. The highest BCUT2D eigenvalue weighted by Gasteiger charge is 2.28. The van der Waals surface area contributed by atoms with Gasteiger partial charge in [0.05, 0.1) is 5.41 Å². The minimum absolute atomic E-state index is 0.0194.